The van der Waals surface area contributed by atoms with Crippen molar-refractivity contribution in [3.05, 3.63) is 33.9 Å². The summed E-state index contributed by atoms with van der Waals surface area (Å²) in [7, 11) is 1.84. The largest absolute Gasteiger partial charge is 0.352 e. The van der Waals surface area contributed by atoms with Gasteiger partial charge in [-0.05, 0) is 27.2 Å². The maximum Gasteiger partial charge on any atom is 0.255 e. The Bertz CT molecular complexity index is 639. The second-order valence-electron chi connectivity index (χ2n) is 5.10. The lowest BCUT2D eigenvalue weighted by atomic mass is 10.2. The van der Waals surface area contributed by atoms with Gasteiger partial charge in [-0.1, -0.05) is 11.6 Å². The fourth-order valence-corrected chi connectivity index (χ4v) is 2.39. The Labute approximate surface area is 129 Å². The first kappa shape index (κ1) is 15.6. The van der Waals surface area contributed by atoms with Crippen LogP contribution >= 0.6 is 11.6 Å². The molecule has 2 rings (SSSR count). The van der Waals surface area contributed by atoms with E-state index in [1.165, 1.54) is 0 Å². The summed E-state index contributed by atoms with van der Waals surface area (Å²) in [5.74, 6) is -0.0761. The van der Waals surface area contributed by atoms with Crippen molar-refractivity contribution in [1.82, 2.24) is 24.9 Å². The van der Waals surface area contributed by atoms with E-state index >= 15 is 0 Å². The van der Waals surface area contributed by atoms with E-state index in [4.69, 9.17) is 11.6 Å². The molecule has 2 aromatic rings. The average molecular weight is 310 g/mol. The molecule has 114 valence electrons. The van der Waals surface area contributed by atoms with Gasteiger partial charge in [-0.15, -0.1) is 0 Å². The maximum atomic E-state index is 12.2. The zero-order chi connectivity index (χ0) is 15.6. The van der Waals surface area contributed by atoms with Crippen LogP contribution in [0.5, 0.6) is 0 Å². The van der Waals surface area contributed by atoms with Gasteiger partial charge in [-0.25, -0.2) is 0 Å². The molecule has 2 heterocycles. The standard InChI is InChI=1S/C14H20ClN5O/c1-9-12(15)8-20(18-9)7-5-6-16-14(21)13-10(2)17-19(4)11(13)3/h8H,5-7H2,1-4H3,(H,16,21). The van der Waals surface area contributed by atoms with Crippen molar-refractivity contribution < 1.29 is 4.79 Å². The van der Waals surface area contributed by atoms with Gasteiger partial charge in [-0.2, -0.15) is 10.2 Å². The molecular formula is C14H20ClN5O. The molecular weight excluding hydrogens is 290 g/mol. The number of rotatable bonds is 5. The number of carbonyl (C=O) groups is 1. The highest BCUT2D eigenvalue weighted by Gasteiger charge is 2.16. The van der Waals surface area contributed by atoms with Crippen molar-refractivity contribution in [3.63, 3.8) is 0 Å². The van der Waals surface area contributed by atoms with Gasteiger partial charge in [0.2, 0.25) is 0 Å². The molecule has 0 spiro atoms. The van der Waals surface area contributed by atoms with Crippen molar-refractivity contribution in [1.29, 1.82) is 0 Å². The van der Waals surface area contributed by atoms with Crippen LogP contribution in [0.4, 0.5) is 0 Å². The molecule has 0 radical (unpaired) electrons. The first-order valence-corrected chi connectivity index (χ1v) is 7.26. The Morgan fingerprint density at radius 1 is 1.29 bits per heavy atom. The lowest BCUT2D eigenvalue weighted by molar-refractivity contribution is 0.0951. The number of amides is 1. The molecule has 7 heteroatoms. The number of hydrogen-bond donors (Lipinski definition) is 1. The number of aromatic nitrogens is 4. The summed E-state index contributed by atoms with van der Waals surface area (Å²) in [6.07, 6.45) is 2.59. The lowest BCUT2D eigenvalue weighted by Gasteiger charge is -2.06. The van der Waals surface area contributed by atoms with E-state index in [9.17, 15) is 4.79 Å². The third-order valence-corrected chi connectivity index (χ3v) is 3.84. The van der Waals surface area contributed by atoms with Crippen LogP contribution in [0.25, 0.3) is 0 Å². The summed E-state index contributed by atoms with van der Waals surface area (Å²) in [6.45, 7) is 6.91. The van der Waals surface area contributed by atoms with Crippen LogP contribution in [0, 0.1) is 20.8 Å². The van der Waals surface area contributed by atoms with Crippen LogP contribution < -0.4 is 5.32 Å². The summed E-state index contributed by atoms with van der Waals surface area (Å²) in [4.78, 5) is 12.2. The number of halogens is 1. The minimum atomic E-state index is -0.0761. The maximum absolute atomic E-state index is 12.2. The highest BCUT2D eigenvalue weighted by atomic mass is 35.5. The molecule has 0 saturated carbocycles. The third kappa shape index (κ3) is 3.44. The Kier molecular flexibility index (Phi) is 4.67. The van der Waals surface area contributed by atoms with Crippen molar-refractivity contribution in [2.75, 3.05) is 6.54 Å². The molecule has 0 unspecified atom stereocenters. The van der Waals surface area contributed by atoms with Gasteiger partial charge >= 0.3 is 0 Å². The van der Waals surface area contributed by atoms with E-state index in [0.29, 0.717) is 17.1 Å². The van der Waals surface area contributed by atoms with E-state index < -0.39 is 0 Å². The highest BCUT2D eigenvalue weighted by Crippen LogP contribution is 2.13. The van der Waals surface area contributed by atoms with Crippen molar-refractivity contribution in [2.24, 2.45) is 7.05 Å². The predicted molar refractivity (Wildman–Crippen MR) is 81.6 cm³/mol. The van der Waals surface area contributed by atoms with E-state index in [-0.39, 0.29) is 5.91 Å². The Balaban J connectivity index is 1.84. The van der Waals surface area contributed by atoms with Gasteiger partial charge in [-0.3, -0.25) is 14.2 Å². The molecule has 0 fully saturated rings. The van der Waals surface area contributed by atoms with E-state index in [2.05, 4.69) is 15.5 Å². The van der Waals surface area contributed by atoms with Crippen LogP contribution in [0.15, 0.2) is 6.20 Å². The SMILES string of the molecule is Cc1nn(CCCNC(=O)c2c(C)nn(C)c2C)cc1Cl. The van der Waals surface area contributed by atoms with Gasteiger partial charge in [0.1, 0.15) is 0 Å². The van der Waals surface area contributed by atoms with Crippen LogP contribution in [0.1, 0.15) is 33.9 Å². The molecule has 0 aliphatic rings. The Morgan fingerprint density at radius 2 is 2.00 bits per heavy atom. The first-order valence-electron chi connectivity index (χ1n) is 6.88. The molecule has 0 atom stereocenters. The Morgan fingerprint density at radius 3 is 2.52 bits per heavy atom. The Hall–Kier alpha value is -1.82. The number of carbonyl (C=O) groups excluding carboxylic acids is 1. The number of hydrogen-bond acceptors (Lipinski definition) is 3. The molecule has 1 amide bonds. The number of nitrogens with one attached hydrogen (secondary N) is 1. The quantitative estimate of drug-likeness (QED) is 0.859. The monoisotopic (exact) mass is 309 g/mol. The molecule has 1 N–H and O–H groups in total. The van der Waals surface area contributed by atoms with Gasteiger partial charge in [0.25, 0.3) is 5.91 Å². The smallest absolute Gasteiger partial charge is 0.255 e. The second kappa shape index (κ2) is 6.30. The normalized spacial score (nSPS) is 10.9. The lowest BCUT2D eigenvalue weighted by Crippen LogP contribution is -2.26. The van der Waals surface area contributed by atoms with Crippen molar-refractivity contribution in [2.45, 2.75) is 33.7 Å². The van der Waals surface area contributed by atoms with Crippen molar-refractivity contribution in [3.8, 4) is 0 Å². The van der Waals surface area contributed by atoms with Crippen molar-refractivity contribution >= 4 is 17.5 Å². The molecule has 0 aliphatic carbocycles. The average Bonchev–Trinajstić information content (AvgIpc) is 2.86. The molecule has 6 nitrogen and oxygen atoms in total. The summed E-state index contributed by atoms with van der Waals surface area (Å²) in [5, 5.41) is 12.1. The topological polar surface area (TPSA) is 64.7 Å². The third-order valence-electron chi connectivity index (χ3n) is 3.47. The zero-order valence-corrected chi connectivity index (χ0v) is 13.5. The van der Waals surface area contributed by atoms with E-state index in [1.54, 1.807) is 15.6 Å². The van der Waals surface area contributed by atoms with Crippen LogP contribution in [-0.2, 0) is 13.6 Å². The number of aryl methyl sites for hydroxylation is 4. The fourth-order valence-electron chi connectivity index (χ4n) is 2.24. The fraction of sp³-hybridized carbons (Fsp3) is 0.500. The molecule has 0 aliphatic heterocycles. The summed E-state index contributed by atoms with van der Waals surface area (Å²) < 4.78 is 3.52. The molecule has 21 heavy (non-hydrogen) atoms. The van der Waals surface area contributed by atoms with Gasteiger partial charge in [0.15, 0.2) is 0 Å². The summed E-state index contributed by atoms with van der Waals surface area (Å²) >= 11 is 5.95. The van der Waals surface area contributed by atoms with Gasteiger partial charge in [0.05, 0.1) is 22.0 Å². The van der Waals surface area contributed by atoms with E-state index in [0.717, 1.165) is 30.0 Å². The van der Waals surface area contributed by atoms with Gasteiger partial charge in [0, 0.05) is 32.0 Å². The minimum absolute atomic E-state index is 0.0761. The zero-order valence-electron chi connectivity index (χ0n) is 12.8. The predicted octanol–water partition coefficient (Wildman–Crippen LogP) is 2.02. The molecule has 0 aromatic carbocycles. The van der Waals surface area contributed by atoms with Gasteiger partial charge < -0.3 is 5.32 Å². The number of nitrogens with zero attached hydrogens (tertiary/aromatic N) is 4. The minimum Gasteiger partial charge on any atom is -0.352 e. The highest BCUT2D eigenvalue weighted by molar-refractivity contribution is 6.31. The van der Waals surface area contributed by atoms with E-state index in [1.807, 2.05) is 27.8 Å². The molecule has 2 aromatic heterocycles. The summed E-state index contributed by atoms with van der Waals surface area (Å²) in [5.41, 5.74) is 3.11. The van der Waals surface area contributed by atoms with Crippen LogP contribution in [0.2, 0.25) is 5.02 Å². The first-order chi connectivity index (χ1) is 9.90. The summed E-state index contributed by atoms with van der Waals surface area (Å²) in [6, 6.07) is 0. The molecule has 0 saturated heterocycles. The molecule has 0 bridgehead atoms. The van der Waals surface area contributed by atoms with Crippen LogP contribution in [0.3, 0.4) is 0 Å². The van der Waals surface area contributed by atoms with Crippen LogP contribution in [-0.4, -0.2) is 32.0 Å². The second-order valence-corrected chi connectivity index (χ2v) is 5.51.